The van der Waals surface area contributed by atoms with E-state index in [0.717, 1.165) is 10.6 Å². The first-order valence-electron chi connectivity index (χ1n) is 7.18. The van der Waals surface area contributed by atoms with E-state index in [1.54, 1.807) is 22.7 Å². The molecule has 132 valence electrons. The summed E-state index contributed by atoms with van der Waals surface area (Å²) in [5.41, 5.74) is 1.13. The number of fused-ring (bicyclic) bond motifs is 1. The zero-order chi connectivity index (χ0) is 18.2. The van der Waals surface area contributed by atoms with Gasteiger partial charge < -0.3 is 5.32 Å². The quantitative estimate of drug-likeness (QED) is 0.732. The molecule has 7 nitrogen and oxygen atoms in total. The average molecular weight is 382 g/mol. The number of rotatable bonds is 5. The molecule has 1 N–H and O–H groups in total. The largest absolute Gasteiger partial charge is 0.309 e. The first kappa shape index (κ1) is 17.5. The van der Waals surface area contributed by atoms with Gasteiger partial charge in [0, 0.05) is 24.2 Å². The number of halogens is 1. The molecule has 0 aliphatic rings. The van der Waals surface area contributed by atoms with Crippen molar-refractivity contribution in [3.8, 4) is 11.3 Å². The Hall–Kier alpha value is -2.30. The second kappa shape index (κ2) is 6.54. The van der Waals surface area contributed by atoms with E-state index in [0.29, 0.717) is 22.0 Å². The van der Waals surface area contributed by atoms with Crippen LogP contribution in [0.15, 0.2) is 35.8 Å². The first-order chi connectivity index (χ1) is 11.8. The van der Waals surface area contributed by atoms with Crippen LogP contribution in [0.4, 0.5) is 10.2 Å². The van der Waals surface area contributed by atoms with E-state index < -0.39 is 15.9 Å². The lowest BCUT2D eigenvalue weighted by molar-refractivity contribution is -0.116. The van der Waals surface area contributed by atoms with Gasteiger partial charge in [0.1, 0.15) is 17.3 Å². The Morgan fingerprint density at radius 2 is 2.04 bits per heavy atom. The minimum Gasteiger partial charge on any atom is -0.309 e. The molecular weight excluding hydrogens is 367 g/mol. The third-order valence-electron chi connectivity index (χ3n) is 3.57. The van der Waals surface area contributed by atoms with Gasteiger partial charge in [0.05, 0.1) is 12.8 Å². The molecule has 0 aliphatic carbocycles. The van der Waals surface area contributed by atoms with Gasteiger partial charge in [0.25, 0.3) is 0 Å². The number of likely N-dealkylation sites (N-methyl/N-ethyl adjacent to an activating group) is 1. The maximum absolute atomic E-state index is 13.2. The third kappa shape index (κ3) is 3.70. The SMILES string of the molecule is CN(CC(=O)Nc1c(-c2ccc(F)cc2)nc2sccn12)S(C)(=O)=O. The van der Waals surface area contributed by atoms with Crippen molar-refractivity contribution in [2.45, 2.75) is 0 Å². The molecule has 0 atom stereocenters. The number of anilines is 1. The minimum atomic E-state index is -3.47. The van der Waals surface area contributed by atoms with Crippen molar-refractivity contribution in [3.63, 3.8) is 0 Å². The van der Waals surface area contributed by atoms with Crippen LogP contribution >= 0.6 is 11.3 Å². The summed E-state index contributed by atoms with van der Waals surface area (Å²) >= 11 is 1.39. The highest BCUT2D eigenvalue weighted by Gasteiger charge is 2.20. The number of nitrogens with zero attached hydrogens (tertiary/aromatic N) is 3. The number of benzene rings is 1. The van der Waals surface area contributed by atoms with Crippen LogP contribution in [0.25, 0.3) is 16.2 Å². The predicted molar refractivity (Wildman–Crippen MR) is 94.6 cm³/mol. The second-order valence-electron chi connectivity index (χ2n) is 5.44. The van der Waals surface area contributed by atoms with Gasteiger partial charge in [-0.1, -0.05) is 0 Å². The summed E-state index contributed by atoms with van der Waals surface area (Å²) in [5.74, 6) is -0.454. The van der Waals surface area contributed by atoms with Crippen molar-refractivity contribution in [2.24, 2.45) is 0 Å². The zero-order valence-electron chi connectivity index (χ0n) is 13.4. The van der Waals surface area contributed by atoms with E-state index in [-0.39, 0.29) is 12.4 Å². The lowest BCUT2D eigenvalue weighted by Gasteiger charge is -2.14. The summed E-state index contributed by atoms with van der Waals surface area (Å²) in [4.78, 5) is 17.4. The van der Waals surface area contributed by atoms with Gasteiger partial charge in [-0.15, -0.1) is 11.3 Å². The third-order valence-corrected chi connectivity index (χ3v) is 5.59. The number of carbonyl (C=O) groups is 1. The standard InChI is InChI=1S/C15H15FN4O3S2/c1-19(25(2,22)23)9-12(21)17-14-13(10-3-5-11(16)6-4-10)18-15-20(14)7-8-24-15/h3-8H,9H2,1-2H3,(H,17,21). The topological polar surface area (TPSA) is 83.8 Å². The smallest absolute Gasteiger partial charge is 0.240 e. The molecule has 0 radical (unpaired) electrons. The average Bonchev–Trinajstić information content (AvgIpc) is 3.10. The molecule has 0 bridgehead atoms. The fraction of sp³-hybridized carbons (Fsp3) is 0.200. The van der Waals surface area contributed by atoms with E-state index >= 15 is 0 Å². The fourth-order valence-electron chi connectivity index (χ4n) is 2.21. The number of thiazole rings is 1. The van der Waals surface area contributed by atoms with Gasteiger partial charge in [-0.3, -0.25) is 9.20 Å². The molecule has 2 aromatic heterocycles. The van der Waals surface area contributed by atoms with Crippen molar-refractivity contribution in [3.05, 3.63) is 41.7 Å². The Bertz CT molecular complexity index is 1020. The summed E-state index contributed by atoms with van der Waals surface area (Å²) in [6.07, 6.45) is 2.77. The molecule has 0 spiro atoms. The molecule has 1 amide bonds. The molecule has 3 rings (SSSR count). The predicted octanol–water partition coefficient (Wildman–Crippen LogP) is 2.03. The molecular formula is C15H15FN4O3S2. The van der Waals surface area contributed by atoms with Gasteiger partial charge in [-0.25, -0.2) is 17.8 Å². The number of aromatic nitrogens is 2. The van der Waals surface area contributed by atoms with E-state index in [2.05, 4.69) is 10.3 Å². The molecule has 0 unspecified atom stereocenters. The van der Waals surface area contributed by atoms with Crippen molar-refractivity contribution in [1.82, 2.24) is 13.7 Å². The number of sulfonamides is 1. The van der Waals surface area contributed by atoms with Gasteiger partial charge in [0.15, 0.2) is 4.96 Å². The fourth-order valence-corrected chi connectivity index (χ4v) is 3.27. The maximum Gasteiger partial charge on any atom is 0.240 e. The number of carbonyl (C=O) groups excluding carboxylic acids is 1. The Kier molecular flexibility index (Phi) is 4.58. The van der Waals surface area contributed by atoms with Crippen LogP contribution in [0.1, 0.15) is 0 Å². The van der Waals surface area contributed by atoms with Gasteiger partial charge in [-0.2, -0.15) is 4.31 Å². The van der Waals surface area contributed by atoms with E-state index in [1.807, 2.05) is 5.38 Å². The minimum absolute atomic E-state index is 0.320. The summed E-state index contributed by atoms with van der Waals surface area (Å²) in [6, 6.07) is 5.76. The molecule has 0 fully saturated rings. The molecule has 25 heavy (non-hydrogen) atoms. The lowest BCUT2D eigenvalue weighted by atomic mass is 10.1. The highest BCUT2D eigenvalue weighted by atomic mass is 32.2. The second-order valence-corrected chi connectivity index (χ2v) is 8.40. The molecule has 0 saturated carbocycles. The summed E-state index contributed by atoms with van der Waals surface area (Å²) in [7, 11) is -2.14. The highest BCUT2D eigenvalue weighted by Crippen LogP contribution is 2.30. The van der Waals surface area contributed by atoms with Crippen LogP contribution in [0.5, 0.6) is 0 Å². The molecule has 2 heterocycles. The maximum atomic E-state index is 13.2. The molecule has 0 aliphatic heterocycles. The Morgan fingerprint density at radius 3 is 2.68 bits per heavy atom. The number of hydrogen-bond acceptors (Lipinski definition) is 5. The number of hydrogen-bond donors (Lipinski definition) is 1. The van der Waals surface area contributed by atoms with E-state index in [9.17, 15) is 17.6 Å². The Balaban J connectivity index is 1.94. The van der Waals surface area contributed by atoms with Crippen LogP contribution in [0.2, 0.25) is 0 Å². The van der Waals surface area contributed by atoms with Gasteiger partial charge in [-0.05, 0) is 24.3 Å². The van der Waals surface area contributed by atoms with Crippen LogP contribution < -0.4 is 5.32 Å². The molecule has 3 aromatic rings. The summed E-state index contributed by atoms with van der Waals surface area (Å²) in [5, 5.41) is 4.52. The molecule has 1 aromatic carbocycles. The number of nitrogens with one attached hydrogen (secondary N) is 1. The van der Waals surface area contributed by atoms with Crippen LogP contribution in [0, 0.1) is 5.82 Å². The summed E-state index contributed by atoms with van der Waals surface area (Å²) in [6.45, 7) is -0.320. The lowest BCUT2D eigenvalue weighted by Crippen LogP contribution is -2.34. The van der Waals surface area contributed by atoms with Crippen LogP contribution in [0.3, 0.4) is 0 Å². The number of imidazole rings is 1. The van der Waals surface area contributed by atoms with E-state index in [4.69, 9.17) is 0 Å². The van der Waals surface area contributed by atoms with Crippen molar-refractivity contribution in [1.29, 1.82) is 0 Å². The van der Waals surface area contributed by atoms with Crippen molar-refractivity contribution < 1.29 is 17.6 Å². The van der Waals surface area contributed by atoms with E-state index in [1.165, 1.54) is 30.5 Å². The Morgan fingerprint density at radius 1 is 1.36 bits per heavy atom. The monoisotopic (exact) mass is 382 g/mol. The van der Waals surface area contributed by atoms with Crippen molar-refractivity contribution >= 4 is 38.0 Å². The first-order valence-corrected chi connectivity index (χ1v) is 9.91. The number of amides is 1. The molecule has 10 heteroatoms. The normalized spacial score (nSPS) is 12.0. The Labute approximate surface area is 147 Å². The molecule has 0 saturated heterocycles. The summed E-state index contributed by atoms with van der Waals surface area (Å²) < 4.78 is 38.7. The zero-order valence-corrected chi connectivity index (χ0v) is 15.1. The van der Waals surface area contributed by atoms with Crippen LogP contribution in [-0.4, -0.2) is 47.9 Å². The van der Waals surface area contributed by atoms with Gasteiger partial charge >= 0.3 is 0 Å². The van der Waals surface area contributed by atoms with Gasteiger partial charge in [0.2, 0.25) is 15.9 Å². The van der Waals surface area contributed by atoms with Crippen LogP contribution in [-0.2, 0) is 14.8 Å². The highest BCUT2D eigenvalue weighted by molar-refractivity contribution is 7.88. The van der Waals surface area contributed by atoms with Crippen molar-refractivity contribution in [2.75, 3.05) is 25.2 Å².